The van der Waals surface area contributed by atoms with Crippen molar-refractivity contribution in [3.05, 3.63) is 69.3 Å². The average Bonchev–Trinajstić information content (AvgIpc) is 2.64. The summed E-state index contributed by atoms with van der Waals surface area (Å²) in [6, 6.07) is 11.1. The standard InChI is InChI=1S/C18H18N2O6/c1-12-9-13(7-8-15(12)20(23)24)18(22)26-11-17(21)19-10-14-5-3-4-6-16(14)25-2/h3-9H,10-11H2,1-2H3,(H,19,21). The van der Waals surface area contributed by atoms with Gasteiger partial charge in [0, 0.05) is 23.7 Å². The topological polar surface area (TPSA) is 108 Å². The third-order valence-corrected chi connectivity index (χ3v) is 3.63. The lowest BCUT2D eigenvalue weighted by molar-refractivity contribution is -0.385. The molecule has 0 bridgehead atoms. The highest BCUT2D eigenvalue weighted by atomic mass is 16.6. The highest BCUT2D eigenvalue weighted by Gasteiger charge is 2.15. The Labute approximate surface area is 149 Å². The quantitative estimate of drug-likeness (QED) is 0.462. The van der Waals surface area contributed by atoms with E-state index in [0.29, 0.717) is 11.3 Å². The summed E-state index contributed by atoms with van der Waals surface area (Å²) in [5.41, 5.74) is 1.19. The Morgan fingerprint density at radius 2 is 1.92 bits per heavy atom. The van der Waals surface area contributed by atoms with E-state index < -0.39 is 23.4 Å². The number of amides is 1. The second kappa shape index (κ2) is 8.61. The van der Waals surface area contributed by atoms with Crippen LogP contribution in [0.4, 0.5) is 5.69 Å². The lowest BCUT2D eigenvalue weighted by Crippen LogP contribution is -2.28. The molecule has 0 aliphatic heterocycles. The molecular weight excluding hydrogens is 340 g/mol. The molecule has 0 heterocycles. The summed E-state index contributed by atoms with van der Waals surface area (Å²) in [6.45, 7) is 1.30. The molecule has 1 N–H and O–H groups in total. The molecule has 136 valence electrons. The molecule has 0 saturated heterocycles. The maximum Gasteiger partial charge on any atom is 0.338 e. The lowest BCUT2D eigenvalue weighted by atomic mass is 10.1. The van der Waals surface area contributed by atoms with E-state index in [1.165, 1.54) is 32.2 Å². The molecular formula is C18H18N2O6. The number of esters is 1. The van der Waals surface area contributed by atoms with Crippen molar-refractivity contribution < 1.29 is 24.0 Å². The van der Waals surface area contributed by atoms with Gasteiger partial charge >= 0.3 is 5.97 Å². The number of nitro groups is 1. The second-order valence-electron chi connectivity index (χ2n) is 5.42. The van der Waals surface area contributed by atoms with Crippen LogP contribution < -0.4 is 10.1 Å². The Balaban J connectivity index is 1.88. The third kappa shape index (κ3) is 4.79. The maximum absolute atomic E-state index is 12.0. The Hall–Kier alpha value is -3.42. The number of nitrogens with one attached hydrogen (secondary N) is 1. The van der Waals surface area contributed by atoms with Crippen LogP contribution in [-0.2, 0) is 16.1 Å². The van der Waals surface area contributed by atoms with Crippen LogP contribution in [-0.4, -0.2) is 30.5 Å². The van der Waals surface area contributed by atoms with Gasteiger partial charge in [-0.1, -0.05) is 18.2 Å². The van der Waals surface area contributed by atoms with Crippen molar-refractivity contribution >= 4 is 17.6 Å². The van der Waals surface area contributed by atoms with Crippen LogP contribution in [0.25, 0.3) is 0 Å². The predicted molar refractivity (Wildman–Crippen MR) is 93.0 cm³/mol. The molecule has 0 aliphatic rings. The number of methoxy groups -OCH3 is 1. The summed E-state index contributed by atoms with van der Waals surface area (Å²) in [5, 5.41) is 13.4. The summed E-state index contributed by atoms with van der Waals surface area (Å²) < 4.78 is 10.1. The number of nitro benzene ring substituents is 1. The van der Waals surface area contributed by atoms with Crippen LogP contribution in [0.2, 0.25) is 0 Å². The van der Waals surface area contributed by atoms with E-state index in [4.69, 9.17) is 9.47 Å². The van der Waals surface area contributed by atoms with Gasteiger partial charge in [0.2, 0.25) is 0 Å². The zero-order valence-corrected chi connectivity index (χ0v) is 14.4. The minimum Gasteiger partial charge on any atom is -0.496 e. The van der Waals surface area contributed by atoms with E-state index in [1.54, 1.807) is 6.07 Å². The number of hydrogen-bond acceptors (Lipinski definition) is 6. The Kier molecular flexibility index (Phi) is 6.26. The summed E-state index contributed by atoms with van der Waals surface area (Å²) in [4.78, 5) is 34.1. The maximum atomic E-state index is 12.0. The van der Waals surface area contributed by atoms with Crippen molar-refractivity contribution in [3.8, 4) is 5.75 Å². The molecule has 2 rings (SSSR count). The molecule has 0 unspecified atom stereocenters. The SMILES string of the molecule is COc1ccccc1CNC(=O)COC(=O)c1ccc([N+](=O)[O-])c(C)c1. The van der Waals surface area contributed by atoms with E-state index in [1.807, 2.05) is 18.2 Å². The van der Waals surface area contributed by atoms with Gasteiger partial charge in [-0.2, -0.15) is 0 Å². The monoisotopic (exact) mass is 358 g/mol. The fraction of sp³-hybridized carbons (Fsp3) is 0.222. The lowest BCUT2D eigenvalue weighted by Gasteiger charge is -2.10. The number of para-hydroxylation sites is 1. The second-order valence-corrected chi connectivity index (χ2v) is 5.42. The third-order valence-electron chi connectivity index (χ3n) is 3.63. The van der Waals surface area contributed by atoms with Crippen LogP contribution in [0.5, 0.6) is 5.75 Å². The number of rotatable bonds is 7. The van der Waals surface area contributed by atoms with Crippen molar-refractivity contribution in [1.29, 1.82) is 0 Å². The number of ether oxygens (including phenoxy) is 2. The number of nitrogens with zero attached hydrogens (tertiary/aromatic N) is 1. The first-order valence-electron chi connectivity index (χ1n) is 7.73. The zero-order chi connectivity index (χ0) is 19.1. The first-order valence-corrected chi connectivity index (χ1v) is 7.73. The number of carbonyl (C=O) groups excluding carboxylic acids is 2. The molecule has 0 radical (unpaired) electrons. The van der Waals surface area contributed by atoms with Crippen molar-refractivity contribution in [3.63, 3.8) is 0 Å². The fourth-order valence-electron chi connectivity index (χ4n) is 2.30. The molecule has 0 atom stereocenters. The highest BCUT2D eigenvalue weighted by Crippen LogP contribution is 2.19. The Morgan fingerprint density at radius 1 is 1.19 bits per heavy atom. The van der Waals surface area contributed by atoms with Crippen LogP contribution in [0.1, 0.15) is 21.5 Å². The van der Waals surface area contributed by atoms with E-state index in [9.17, 15) is 19.7 Å². The highest BCUT2D eigenvalue weighted by molar-refractivity contribution is 5.91. The van der Waals surface area contributed by atoms with Crippen LogP contribution in [0.15, 0.2) is 42.5 Å². The normalized spacial score (nSPS) is 10.1. The molecule has 0 spiro atoms. The first kappa shape index (κ1) is 18.9. The minimum atomic E-state index is -0.726. The average molecular weight is 358 g/mol. The Morgan fingerprint density at radius 3 is 2.58 bits per heavy atom. The first-order chi connectivity index (χ1) is 12.4. The van der Waals surface area contributed by atoms with E-state index in [2.05, 4.69) is 5.32 Å². The molecule has 26 heavy (non-hydrogen) atoms. The van der Waals surface area contributed by atoms with Crippen molar-refractivity contribution in [2.24, 2.45) is 0 Å². The van der Waals surface area contributed by atoms with Gasteiger partial charge in [0.25, 0.3) is 11.6 Å². The molecule has 2 aromatic rings. The summed E-state index contributed by atoms with van der Waals surface area (Å²) in [7, 11) is 1.54. The number of benzene rings is 2. The molecule has 1 amide bonds. The predicted octanol–water partition coefficient (Wildman–Crippen LogP) is 2.39. The van der Waals surface area contributed by atoms with Crippen LogP contribution >= 0.6 is 0 Å². The number of carbonyl (C=O) groups is 2. The smallest absolute Gasteiger partial charge is 0.338 e. The van der Waals surface area contributed by atoms with Crippen molar-refractivity contribution in [1.82, 2.24) is 5.32 Å². The molecule has 0 saturated carbocycles. The minimum absolute atomic E-state index is 0.0869. The van der Waals surface area contributed by atoms with E-state index >= 15 is 0 Å². The number of aryl methyl sites for hydroxylation is 1. The van der Waals surface area contributed by atoms with Gasteiger partial charge in [-0.15, -0.1) is 0 Å². The Bertz CT molecular complexity index is 834. The van der Waals surface area contributed by atoms with E-state index in [0.717, 1.165) is 5.56 Å². The van der Waals surface area contributed by atoms with Gasteiger partial charge in [-0.3, -0.25) is 14.9 Å². The fourth-order valence-corrected chi connectivity index (χ4v) is 2.30. The number of hydrogen-bond donors (Lipinski definition) is 1. The van der Waals surface area contributed by atoms with Gasteiger partial charge in [-0.05, 0) is 25.1 Å². The summed E-state index contributed by atoms with van der Waals surface area (Å²) in [6.07, 6.45) is 0. The molecule has 8 heteroatoms. The summed E-state index contributed by atoms with van der Waals surface area (Å²) >= 11 is 0. The van der Waals surface area contributed by atoms with Gasteiger partial charge < -0.3 is 14.8 Å². The van der Waals surface area contributed by atoms with Crippen LogP contribution in [0.3, 0.4) is 0 Å². The zero-order valence-electron chi connectivity index (χ0n) is 14.4. The van der Waals surface area contributed by atoms with Gasteiger partial charge in [-0.25, -0.2) is 4.79 Å². The van der Waals surface area contributed by atoms with Crippen molar-refractivity contribution in [2.45, 2.75) is 13.5 Å². The van der Waals surface area contributed by atoms with E-state index in [-0.39, 0.29) is 17.8 Å². The molecule has 8 nitrogen and oxygen atoms in total. The van der Waals surface area contributed by atoms with Gasteiger partial charge in [0.1, 0.15) is 5.75 Å². The molecule has 0 aromatic heterocycles. The van der Waals surface area contributed by atoms with Gasteiger partial charge in [0.15, 0.2) is 6.61 Å². The molecule has 0 fully saturated rings. The van der Waals surface area contributed by atoms with Crippen molar-refractivity contribution in [2.75, 3.05) is 13.7 Å². The largest absolute Gasteiger partial charge is 0.496 e. The van der Waals surface area contributed by atoms with Gasteiger partial charge in [0.05, 0.1) is 17.6 Å². The molecule has 0 aliphatic carbocycles. The van der Waals surface area contributed by atoms with Crippen LogP contribution in [0, 0.1) is 17.0 Å². The summed E-state index contributed by atoms with van der Waals surface area (Å²) in [5.74, 6) is -0.551. The molecule has 2 aromatic carbocycles.